The van der Waals surface area contributed by atoms with E-state index in [-0.39, 0.29) is 36.4 Å². The van der Waals surface area contributed by atoms with Gasteiger partial charge in [-0.05, 0) is 42.0 Å². The van der Waals surface area contributed by atoms with Crippen LogP contribution >= 0.6 is 0 Å². The van der Waals surface area contributed by atoms with E-state index in [1.807, 2.05) is 36.4 Å². The Morgan fingerprint density at radius 3 is 2.34 bits per heavy atom. The summed E-state index contributed by atoms with van der Waals surface area (Å²) in [4.78, 5) is 36.1. The third kappa shape index (κ3) is 5.51. The van der Waals surface area contributed by atoms with Crippen LogP contribution < -0.4 is 10.6 Å². The zero-order valence-corrected chi connectivity index (χ0v) is 19.7. The average Bonchev–Trinajstić information content (AvgIpc) is 3.34. The van der Waals surface area contributed by atoms with Crippen molar-refractivity contribution in [1.82, 2.24) is 15.1 Å². The van der Waals surface area contributed by atoms with Crippen LogP contribution in [0.4, 0.5) is 10.6 Å². The van der Waals surface area contributed by atoms with Gasteiger partial charge in [-0.2, -0.15) is 5.10 Å². The molecule has 9 nitrogen and oxygen atoms in total. The quantitative estimate of drug-likeness (QED) is 0.426. The Hall–Kier alpha value is -4.14. The van der Waals surface area contributed by atoms with E-state index >= 15 is 0 Å². The molecule has 1 aromatic heterocycles. The Bertz CT molecular complexity index is 1210. The van der Waals surface area contributed by atoms with E-state index in [9.17, 15) is 14.4 Å². The van der Waals surface area contributed by atoms with E-state index in [0.29, 0.717) is 12.8 Å². The monoisotopic (exact) mass is 476 g/mol. The Kier molecular flexibility index (Phi) is 7.14. The Morgan fingerprint density at radius 1 is 1.09 bits per heavy atom. The molecule has 1 aliphatic carbocycles. The molecule has 0 saturated heterocycles. The lowest BCUT2D eigenvalue weighted by molar-refractivity contribution is -0.137. The molecule has 35 heavy (non-hydrogen) atoms. The van der Waals surface area contributed by atoms with Crippen molar-refractivity contribution < 1.29 is 24.2 Å². The highest BCUT2D eigenvalue weighted by atomic mass is 16.5. The molecule has 1 aliphatic rings. The number of carbonyl (C=O) groups excluding carboxylic acids is 2. The maximum atomic E-state index is 12.7. The fourth-order valence-electron chi connectivity index (χ4n) is 4.41. The van der Waals surface area contributed by atoms with Gasteiger partial charge in [-0.3, -0.25) is 19.6 Å². The Balaban J connectivity index is 1.38. The number of carbonyl (C=O) groups is 3. The number of nitrogens with zero attached hydrogens (tertiary/aromatic N) is 2. The molecule has 0 fully saturated rings. The molecule has 4 rings (SSSR count). The van der Waals surface area contributed by atoms with Gasteiger partial charge in [0.1, 0.15) is 12.2 Å². The predicted molar refractivity (Wildman–Crippen MR) is 130 cm³/mol. The van der Waals surface area contributed by atoms with Crippen LogP contribution in [-0.2, 0) is 16.6 Å². The van der Waals surface area contributed by atoms with Crippen molar-refractivity contribution in [3.05, 3.63) is 71.4 Å². The molecule has 2 aromatic carbocycles. The van der Waals surface area contributed by atoms with Crippen molar-refractivity contribution in [3.8, 4) is 11.1 Å². The number of ether oxygens (including phenoxy) is 1. The molecule has 3 N–H and O–H groups in total. The van der Waals surface area contributed by atoms with Crippen LogP contribution in [0.5, 0.6) is 0 Å². The van der Waals surface area contributed by atoms with Crippen molar-refractivity contribution in [2.75, 3.05) is 11.9 Å². The smallest absolute Gasteiger partial charge is 0.412 e. The highest BCUT2D eigenvalue weighted by Gasteiger charge is 2.29. The van der Waals surface area contributed by atoms with Gasteiger partial charge in [-0.1, -0.05) is 48.5 Å². The zero-order valence-electron chi connectivity index (χ0n) is 19.7. The summed E-state index contributed by atoms with van der Waals surface area (Å²) in [6, 6.07) is 15.9. The van der Waals surface area contributed by atoms with Crippen LogP contribution in [0.2, 0.25) is 0 Å². The average molecular weight is 477 g/mol. The lowest BCUT2D eigenvalue weighted by atomic mass is 9.98. The van der Waals surface area contributed by atoms with Gasteiger partial charge in [0.05, 0.1) is 0 Å². The number of aliphatic carboxylic acids is 1. The maximum absolute atomic E-state index is 12.7. The van der Waals surface area contributed by atoms with Crippen LogP contribution in [0, 0.1) is 0 Å². The molecule has 3 aromatic rings. The van der Waals surface area contributed by atoms with Crippen molar-refractivity contribution in [2.24, 2.45) is 7.05 Å². The number of amides is 2. The molecule has 0 bridgehead atoms. The van der Waals surface area contributed by atoms with Crippen LogP contribution in [-0.4, -0.2) is 45.5 Å². The summed E-state index contributed by atoms with van der Waals surface area (Å²) in [5, 5.41) is 18.4. The van der Waals surface area contributed by atoms with Gasteiger partial charge in [0.15, 0.2) is 5.82 Å². The highest BCUT2D eigenvalue weighted by molar-refractivity contribution is 6.01. The number of hydrogen-bond donors (Lipinski definition) is 3. The second-order valence-electron chi connectivity index (χ2n) is 8.68. The number of anilines is 1. The first-order valence-corrected chi connectivity index (χ1v) is 11.5. The standard InChI is InChI=1S/C26H28N4O5/c1-16(8-7-13-23(31)32)27-25(33)21-14-30(2)29-24(21)28-26(34)35-15-22-19-11-5-3-9-17(19)18-10-4-6-12-20(18)22/h3-6,9-12,14,16,22H,7-8,13,15H2,1-2H3,(H,27,33)(H,31,32)(H,28,29,34). The molecular formula is C26H28N4O5. The molecule has 0 spiro atoms. The highest BCUT2D eigenvalue weighted by Crippen LogP contribution is 2.44. The van der Waals surface area contributed by atoms with E-state index < -0.39 is 18.0 Å². The maximum Gasteiger partial charge on any atom is 0.412 e. The molecule has 0 radical (unpaired) electrons. The van der Waals surface area contributed by atoms with Gasteiger partial charge in [-0.25, -0.2) is 4.79 Å². The summed E-state index contributed by atoms with van der Waals surface area (Å²) < 4.78 is 6.99. The summed E-state index contributed by atoms with van der Waals surface area (Å²) in [7, 11) is 1.65. The second kappa shape index (κ2) is 10.4. The molecule has 2 amide bonds. The van der Waals surface area contributed by atoms with Gasteiger partial charge in [0.2, 0.25) is 0 Å². The van der Waals surface area contributed by atoms with E-state index in [2.05, 4.69) is 27.9 Å². The lowest BCUT2D eigenvalue weighted by Crippen LogP contribution is -2.33. The first-order chi connectivity index (χ1) is 16.8. The number of carboxylic acids is 1. The van der Waals surface area contributed by atoms with Crippen molar-refractivity contribution in [1.29, 1.82) is 0 Å². The molecular weight excluding hydrogens is 448 g/mol. The topological polar surface area (TPSA) is 123 Å². The van der Waals surface area contributed by atoms with Crippen LogP contribution in [0.3, 0.4) is 0 Å². The second-order valence-corrected chi connectivity index (χ2v) is 8.68. The van der Waals surface area contributed by atoms with E-state index in [0.717, 1.165) is 22.3 Å². The number of hydrogen-bond acceptors (Lipinski definition) is 5. The molecule has 182 valence electrons. The van der Waals surface area contributed by atoms with Crippen LogP contribution in [0.1, 0.15) is 53.6 Å². The third-order valence-electron chi connectivity index (χ3n) is 6.04. The van der Waals surface area contributed by atoms with Crippen molar-refractivity contribution >= 4 is 23.8 Å². The lowest BCUT2D eigenvalue weighted by Gasteiger charge is -2.15. The SMILES string of the molecule is CC(CCCC(=O)O)NC(=O)c1cn(C)nc1NC(=O)OCC1c2ccccc2-c2ccccc21. The zero-order chi connectivity index (χ0) is 24.9. The number of rotatable bonds is 9. The van der Waals surface area contributed by atoms with Crippen LogP contribution in [0.25, 0.3) is 11.1 Å². The molecule has 0 aliphatic heterocycles. The van der Waals surface area contributed by atoms with Crippen LogP contribution in [0.15, 0.2) is 54.7 Å². The fraction of sp³-hybridized carbons (Fsp3) is 0.308. The summed E-state index contributed by atoms with van der Waals surface area (Å²) in [6.45, 7) is 1.95. The normalized spacial score (nSPS) is 13.0. The van der Waals surface area contributed by atoms with Gasteiger partial charge in [0.25, 0.3) is 5.91 Å². The molecule has 1 atom stereocenters. The number of aromatic nitrogens is 2. The number of benzene rings is 2. The first kappa shape index (κ1) is 24.0. The molecule has 0 saturated carbocycles. The van der Waals surface area contributed by atoms with E-state index in [1.165, 1.54) is 10.9 Å². The summed E-state index contributed by atoms with van der Waals surface area (Å²) in [5.41, 5.74) is 4.69. The number of aryl methyl sites for hydroxylation is 1. The fourth-order valence-corrected chi connectivity index (χ4v) is 4.41. The summed E-state index contributed by atoms with van der Waals surface area (Å²) >= 11 is 0. The molecule has 9 heteroatoms. The minimum Gasteiger partial charge on any atom is -0.481 e. The van der Waals surface area contributed by atoms with Gasteiger partial charge in [-0.15, -0.1) is 0 Å². The molecule has 1 unspecified atom stereocenters. The van der Waals surface area contributed by atoms with Gasteiger partial charge in [0, 0.05) is 31.6 Å². The largest absolute Gasteiger partial charge is 0.481 e. The Morgan fingerprint density at radius 2 is 1.71 bits per heavy atom. The van der Waals surface area contributed by atoms with Gasteiger partial charge < -0.3 is 15.2 Å². The summed E-state index contributed by atoms with van der Waals surface area (Å²) in [6.07, 6.45) is 1.83. The first-order valence-electron chi connectivity index (χ1n) is 11.5. The van der Waals surface area contributed by atoms with Crippen molar-refractivity contribution in [2.45, 2.75) is 38.1 Å². The van der Waals surface area contributed by atoms with E-state index in [4.69, 9.17) is 9.84 Å². The summed E-state index contributed by atoms with van der Waals surface area (Å²) in [5.74, 6) is -1.26. The van der Waals surface area contributed by atoms with Crippen molar-refractivity contribution in [3.63, 3.8) is 0 Å². The predicted octanol–water partition coefficient (Wildman–Crippen LogP) is 4.15. The number of carboxylic acid groups (broad SMARTS) is 1. The number of fused-ring (bicyclic) bond motifs is 3. The number of nitrogens with one attached hydrogen (secondary N) is 2. The minimum absolute atomic E-state index is 0.0433. The van der Waals surface area contributed by atoms with Gasteiger partial charge >= 0.3 is 12.1 Å². The Labute approximate surface area is 203 Å². The van der Waals surface area contributed by atoms with E-state index in [1.54, 1.807) is 14.0 Å². The minimum atomic E-state index is -0.870. The third-order valence-corrected chi connectivity index (χ3v) is 6.04. The molecule has 1 heterocycles.